The van der Waals surface area contributed by atoms with Crippen molar-refractivity contribution in [2.45, 2.75) is 103 Å². The Kier molecular flexibility index (Phi) is 13.3. The van der Waals surface area contributed by atoms with E-state index < -0.39 is 0 Å². The Morgan fingerprint density at radius 3 is 1.28 bits per heavy atom. The molecule has 0 amide bonds. The summed E-state index contributed by atoms with van der Waals surface area (Å²) < 4.78 is 0. The van der Waals surface area contributed by atoms with Gasteiger partial charge < -0.3 is 11.5 Å². The third-order valence-corrected chi connectivity index (χ3v) is 3.77. The number of rotatable bonds is 13. The Balaban J connectivity index is 3.32. The molecule has 18 heavy (non-hydrogen) atoms. The van der Waals surface area contributed by atoms with Gasteiger partial charge in [0, 0.05) is 12.1 Å². The van der Waals surface area contributed by atoms with Crippen LogP contribution in [0.3, 0.4) is 0 Å². The van der Waals surface area contributed by atoms with Crippen molar-refractivity contribution >= 4 is 0 Å². The van der Waals surface area contributed by atoms with Crippen LogP contribution in [0.5, 0.6) is 0 Å². The molecule has 2 atom stereocenters. The van der Waals surface area contributed by atoms with Crippen LogP contribution in [0.25, 0.3) is 0 Å². The van der Waals surface area contributed by atoms with Crippen LogP contribution in [0.4, 0.5) is 0 Å². The van der Waals surface area contributed by atoms with Crippen molar-refractivity contribution in [2.75, 3.05) is 0 Å². The van der Waals surface area contributed by atoms with E-state index in [0.29, 0.717) is 12.1 Å². The van der Waals surface area contributed by atoms with Crippen LogP contribution in [0, 0.1) is 0 Å². The fourth-order valence-corrected chi connectivity index (χ4v) is 2.38. The number of hydrogen-bond donors (Lipinski definition) is 2. The minimum Gasteiger partial charge on any atom is -0.328 e. The van der Waals surface area contributed by atoms with Gasteiger partial charge in [-0.2, -0.15) is 0 Å². The highest BCUT2D eigenvalue weighted by Crippen LogP contribution is 2.12. The molecule has 0 fully saturated rings. The summed E-state index contributed by atoms with van der Waals surface area (Å²) in [7, 11) is 0. The van der Waals surface area contributed by atoms with E-state index in [9.17, 15) is 0 Å². The summed E-state index contributed by atoms with van der Waals surface area (Å²) in [6.45, 7) is 4.50. The molecule has 0 bridgehead atoms. The molecule has 0 heterocycles. The minimum absolute atomic E-state index is 0.378. The summed E-state index contributed by atoms with van der Waals surface area (Å²) in [5.74, 6) is 0. The molecule has 0 aromatic rings. The maximum absolute atomic E-state index is 6.13. The van der Waals surface area contributed by atoms with Gasteiger partial charge >= 0.3 is 0 Å². The second-order valence-corrected chi connectivity index (χ2v) is 5.80. The van der Waals surface area contributed by atoms with E-state index >= 15 is 0 Å². The quantitative estimate of drug-likeness (QED) is 0.481. The van der Waals surface area contributed by atoms with Gasteiger partial charge in [0.1, 0.15) is 0 Å². The highest BCUT2D eigenvalue weighted by atomic mass is 14.7. The van der Waals surface area contributed by atoms with Crippen LogP contribution in [0.15, 0.2) is 0 Å². The zero-order valence-corrected chi connectivity index (χ0v) is 12.8. The number of nitrogens with two attached hydrogens (primary N) is 2. The lowest BCUT2D eigenvalue weighted by atomic mass is 9.98. The van der Waals surface area contributed by atoms with Crippen LogP contribution in [0.1, 0.15) is 90.9 Å². The first-order valence-corrected chi connectivity index (χ1v) is 8.21. The number of unbranched alkanes of at least 4 members (excludes halogenated alkanes) is 6. The molecule has 4 N–H and O–H groups in total. The van der Waals surface area contributed by atoms with Crippen LogP contribution in [-0.4, -0.2) is 12.1 Å². The molecule has 0 radical (unpaired) electrons. The van der Waals surface area contributed by atoms with Crippen molar-refractivity contribution in [1.82, 2.24) is 0 Å². The Morgan fingerprint density at radius 2 is 0.944 bits per heavy atom. The third-order valence-electron chi connectivity index (χ3n) is 3.77. The molecule has 2 heteroatoms. The van der Waals surface area contributed by atoms with Crippen molar-refractivity contribution in [3.05, 3.63) is 0 Å². The lowest BCUT2D eigenvalue weighted by Crippen LogP contribution is -2.26. The molecule has 0 saturated carbocycles. The Morgan fingerprint density at radius 1 is 0.556 bits per heavy atom. The lowest BCUT2D eigenvalue weighted by Gasteiger charge is -2.15. The van der Waals surface area contributed by atoms with Crippen LogP contribution in [-0.2, 0) is 0 Å². The van der Waals surface area contributed by atoms with Gasteiger partial charge in [-0.25, -0.2) is 0 Å². The second-order valence-electron chi connectivity index (χ2n) is 5.80. The van der Waals surface area contributed by atoms with Gasteiger partial charge in [0.2, 0.25) is 0 Å². The van der Waals surface area contributed by atoms with Gasteiger partial charge in [-0.05, 0) is 25.7 Å². The van der Waals surface area contributed by atoms with Crippen molar-refractivity contribution < 1.29 is 0 Å². The fourth-order valence-electron chi connectivity index (χ4n) is 2.38. The lowest BCUT2D eigenvalue weighted by molar-refractivity contribution is 0.452. The van der Waals surface area contributed by atoms with Gasteiger partial charge in [0.25, 0.3) is 0 Å². The first kappa shape index (κ1) is 17.9. The van der Waals surface area contributed by atoms with E-state index in [1.54, 1.807) is 0 Å². The predicted molar refractivity (Wildman–Crippen MR) is 82.7 cm³/mol. The highest BCUT2D eigenvalue weighted by molar-refractivity contribution is 4.68. The first-order valence-electron chi connectivity index (χ1n) is 8.21. The standard InChI is InChI=1S/C16H36N2/c1-3-5-7-9-11-15(17)13-14-16(18)12-10-8-6-4-2/h15-16H,3-14,17-18H2,1-2H3/t15-,16+. The predicted octanol–water partition coefficient (Wildman–Crippen LogP) is 4.36. The maximum atomic E-state index is 6.13. The summed E-state index contributed by atoms with van der Waals surface area (Å²) in [5, 5.41) is 0. The van der Waals surface area contributed by atoms with Gasteiger partial charge in [-0.1, -0.05) is 65.2 Å². The SMILES string of the molecule is CCCCCC[C@@H](N)CC[C@@H](N)CCCCCC. The first-order chi connectivity index (χ1) is 8.70. The van der Waals surface area contributed by atoms with Crippen molar-refractivity contribution in [3.63, 3.8) is 0 Å². The molecule has 0 spiro atoms. The summed E-state index contributed by atoms with van der Waals surface area (Å²) >= 11 is 0. The molecular weight excluding hydrogens is 220 g/mol. The molecule has 0 aliphatic heterocycles. The summed E-state index contributed by atoms with van der Waals surface area (Å²) in [4.78, 5) is 0. The van der Waals surface area contributed by atoms with E-state index in [0.717, 1.165) is 12.8 Å². The van der Waals surface area contributed by atoms with E-state index in [1.807, 2.05) is 0 Å². The van der Waals surface area contributed by atoms with E-state index in [-0.39, 0.29) is 0 Å². The van der Waals surface area contributed by atoms with Gasteiger partial charge in [0.05, 0.1) is 0 Å². The molecule has 0 aromatic carbocycles. The van der Waals surface area contributed by atoms with Crippen LogP contribution >= 0.6 is 0 Å². The van der Waals surface area contributed by atoms with Crippen molar-refractivity contribution in [3.8, 4) is 0 Å². The summed E-state index contributed by atoms with van der Waals surface area (Å²) in [6, 6.07) is 0.757. The molecular formula is C16H36N2. The van der Waals surface area contributed by atoms with E-state index in [1.165, 1.54) is 64.2 Å². The molecule has 0 aromatic heterocycles. The average Bonchev–Trinajstić information content (AvgIpc) is 2.37. The van der Waals surface area contributed by atoms with Gasteiger partial charge in [-0.15, -0.1) is 0 Å². The van der Waals surface area contributed by atoms with Gasteiger partial charge in [-0.3, -0.25) is 0 Å². The van der Waals surface area contributed by atoms with Crippen molar-refractivity contribution in [2.24, 2.45) is 11.5 Å². The average molecular weight is 256 g/mol. The van der Waals surface area contributed by atoms with Crippen molar-refractivity contribution in [1.29, 1.82) is 0 Å². The molecule has 0 saturated heterocycles. The van der Waals surface area contributed by atoms with E-state index in [4.69, 9.17) is 11.5 Å². The maximum Gasteiger partial charge on any atom is 0.00394 e. The topological polar surface area (TPSA) is 52.0 Å². The Hall–Kier alpha value is -0.0800. The largest absolute Gasteiger partial charge is 0.328 e. The molecule has 110 valence electrons. The summed E-state index contributed by atoms with van der Waals surface area (Å²) in [6.07, 6.45) is 15.2. The molecule has 0 aliphatic rings. The zero-order valence-electron chi connectivity index (χ0n) is 12.8. The van der Waals surface area contributed by atoms with E-state index in [2.05, 4.69) is 13.8 Å². The molecule has 0 unspecified atom stereocenters. The monoisotopic (exact) mass is 256 g/mol. The smallest absolute Gasteiger partial charge is 0.00394 e. The third kappa shape index (κ3) is 12.4. The van der Waals surface area contributed by atoms with Crippen LogP contribution in [0.2, 0.25) is 0 Å². The second kappa shape index (κ2) is 13.4. The highest BCUT2D eigenvalue weighted by Gasteiger charge is 2.07. The number of hydrogen-bond acceptors (Lipinski definition) is 2. The normalized spacial score (nSPS) is 14.7. The molecule has 0 aliphatic carbocycles. The minimum atomic E-state index is 0.378. The van der Waals surface area contributed by atoms with Gasteiger partial charge in [0.15, 0.2) is 0 Å². The molecule has 0 rings (SSSR count). The molecule has 2 nitrogen and oxygen atoms in total. The van der Waals surface area contributed by atoms with Crippen LogP contribution < -0.4 is 11.5 Å². The Bertz CT molecular complexity index is 141. The summed E-state index contributed by atoms with van der Waals surface area (Å²) in [5.41, 5.74) is 12.3. The fraction of sp³-hybridized carbons (Fsp3) is 1.00. The zero-order chi connectivity index (χ0) is 13.6. The Labute approximate surface area is 115 Å².